The summed E-state index contributed by atoms with van der Waals surface area (Å²) >= 11 is 0. The van der Waals surface area contributed by atoms with Crippen molar-refractivity contribution in [3.8, 4) is 0 Å². The van der Waals surface area contributed by atoms with Crippen molar-refractivity contribution >= 4 is 11.2 Å². The molecule has 0 spiro atoms. The molecule has 1 saturated heterocycles. The van der Waals surface area contributed by atoms with Gasteiger partial charge in [0.25, 0.3) is 0 Å². The second kappa shape index (κ2) is 7.85. The Morgan fingerprint density at radius 1 is 1.11 bits per heavy atom. The van der Waals surface area contributed by atoms with Crippen LogP contribution in [0.5, 0.6) is 0 Å². The monoisotopic (exact) mass is 481 g/mol. The molecule has 3 saturated carbocycles. The first-order chi connectivity index (χ1) is 16.7. The fraction of sp³-hybridized carbons (Fsp3) is 0.577. The van der Waals surface area contributed by atoms with E-state index in [1.54, 1.807) is 17.7 Å². The molecule has 0 aromatic carbocycles. The summed E-state index contributed by atoms with van der Waals surface area (Å²) in [6, 6.07) is 3.38. The van der Waals surface area contributed by atoms with Gasteiger partial charge in [-0.3, -0.25) is 4.79 Å². The molecular formula is C26H29F2N5O2. The van der Waals surface area contributed by atoms with Gasteiger partial charge in [-0.25, -0.2) is 28.7 Å². The van der Waals surface area contributed by atoms with Gasteiger partial charge in [0.2, 0.25) is 12.0 Å². The summed E-state index contributed by atoms with van der Waals surface area (Å²) in [4.78, 5) is 31.3. The average Bonchev–Trinajstić information content (AvgIpc) is 2.77. The Kier molecular flexibility index (Phi) is 5.08. The number of hydrogen-bond donors (Lipinski definition) is 0. The fourth-order valence-corrected chi connectivity index (χ4v) is 6.54. The zero-order valence-corrected chi connectivity index (χ0v) is 20.2. The Hall–Kier alpha value is -2.81. The minimum absolute atomic E-state index is 0.0321. The second-order valence-electron chi connectivity index (χ2n) is 10.9. The first kappa shape index (κ1) is 22.6. The number of alkyl halides is 2. The van der Waals surface area contributed by atoms with Gasteiger partial charge in [0.1, 0.15) is 11.3 Å². The van der Waals surface area contributed by atoms with Gasteiger partial charge < -0.3 is 9.30 Å². The summed E-state index contributed by atoms with van der Waals surface area (Å²) in [5, 5.41) is 0. The Morgan fingerprint density at radius 2 is 1.86 bits per heavy atom. The van der Waals surface area contributed by atoms with E-state index in [1.165, 1.54) is 0 Å². The van der Waals surface area contributed by atoms with Gasteiger partial charge in [0.15, 0.2) is 5.65 Å². The maximum Gasteiger partial charge on any atom is 0.250 e. The van der Waals surface area contributed by atoms with Gasteiger partial charge in [-0.1, -0.05) is 0 Å². The predicted molar refractivity (Wildman–Crippen MR) is 126 cm³/mol. The van der Waals surface area contributed by atoms with Gasteiger partial charge in [0.05, 0.1) is 23.2 Å². The van der Waals surface area contributed by atoms with Crippen LogP contribution < -0.4 is 5.56 Å². The van der Waals surface area contributed by atoms with Crippen LogP contribution in [0.3, 0.4) is 0 Å². The number of nitrogens with zero attached hydrogens (tertiary/aromatic N) is 5. The molecule has 0 N–H and O–H groups in total. The van der Waals surface area contributed by atoms with Crippen LogP contribution in [0.4, 0.5) is 8.78 Å². The van der Waals surface area contributed by atoms with E-state index in [1.807, 2.05) is 26.1 Å². The summed E-state index contributed by atoms with van der Waals surface area (Å²) < 4.78 is 33.8. The molecule has 3 aliphatic carbocycles. The molecule has 4 heterocycles. The van der Waals surface area contributed by atoms with Crippen molar-refractivity contribution < 1.29 is 13.5 Å². The van der Waals surface area contributed by atoms with Gasteiger partial charge in [-0.2, -0.15) is 0 Å². The first-order valence-corrected chi connectivity index (χ1v) is 12.3. The third-order valence-corrected chi connectivity index (χ3v) is 8.32. The van der Waals surface area contributed by atoms with Gasteiger partial charge in [-0.05, 0) is 63.0 Å². The van der Waals surface area contributed by atoms with E-state index in [0.29, 0.717) is 24.2 Å². The van der Waals surface area contributed by atoms with Gasteiger partial charge in [0, 0.05) is 43.7 Å². The molecule has 7 rings (SSSR count). The number of pyridine rings is 1. The van der Waals surface area contributed by atoms with Crippen LogP contribution >= 0.6 is 0 Å². The molecule has 0 amide bonds. The second-order valence-corrected chi connectivity index (χ2v) is 10.9. The maximum atomic E-state index is 13.1. The molecule has 2 unspecified atom stereocenters. The Bertz CT molecular complexity index is 1370. The van der Waals surface area contributed by atoms with Crippen molar-refractivity contribution in [3.05, 3.63) is 57.2 Å². The molecule has 0 radical (unpaired) electrons. The lowest BCUT2D eigenvalue weighted by Crippen LogP contribution is -2.65. The lowest BCUT2D eigenvalue weighted by Gasteiger charge is -2.70. The fourth-order valence-electron chi connectivity index (χ4n) is 6.54. The zero-order chi connectivity index (χ0) is 24.5. The van der Waals surface area contributed by atoms with Crippen LogP contribution in [0.25, 0.3) is 11.2 Å². The summed E-state index contributed by atoms with van der Waals surface area (Å²) in [6.07, 6.45) is 3.05. The van der Waals surface area contributed by atoms with Crippen molar-refractivity contribution in [2.24, 2.45) is 12.5 Å². The van der Waals surface area contributed by atoms with Crippen molar-refractivity contribution in [1.29, 1.82) is 0 Å². The molecule has 3 aromatic heterocycles. The molecule has 2 atom stereocenters. The summed E-state index contributed by atoms with van der Waals surface area (Å²) in [5.74, 6) is 0.802. The van der Waals surface area contributed by atoms with Crippen LogP contribution in [0, 0.1) is 19.3 Å². The highest BCUT2D eigenvalue weighted by molar-refractivity contribution is 5.75. The van der Waals surface area contributed by atoms with E-state index in [9.17, 15) is 13.6 Å². The largest absolute Gasteiger partial charge is 0.373 e. The molecule has 3 aromatic rings. The molecule has 2 bridgehead atoms. The summed E-state index contributed by atoms with van der Waals surface area (Å²) in [7, 11) is 1.73. The Labute approximate surface area is 202 Å². The van der Waals surface area contributed by atoms with E-state index in [2.05, 4.69) is 0 Å². The number of ether oxygens (including phenoxy) is 1. The zero-order valence-electron chi connectivity index (χ0n) is 20.2. The molecule has 4 fully saturated rings. The molecule has 184 valence electrons. The molecule has 1 aliphatic heterocycles. The topological polar surface area (TPSA) is 82.8 Å². The highest BCUT2D eigenvalue weighted by Crippen LogP contribution is 2.75. The van der Waals surface area contributed by atoms with Crippen LogP contribution in [-0.4, -0.2) is 37.5 Å². The highest BCUT2D eigenvalue weighted by Gasteiger charge is 2.70. The number of hydrogen-bond acceptors (Lipinski definition) is 6. The summed E-state index contributed by atoms with van der Waals surface area (Å²) in [6.45, 7) is 4.41. The smallest absolute Gasteiger partial charge is 0.250 e. The minimum atomic E-state index is -2.27. The van der Waals surface area contributed by atoms with Gasteiger partial charge in [-0.15, -0.1) is 0 Å². The standard InChI is InChI=1S/C26H29F2N5O2/c1-14-15(2)30-24-21(29-14)22(26-11-25(12-26,13-26)9-19(27)28)31-23(32-24)16-6-7-35-18(8-16)17-4-5-20(34)33(3)10-17/h4-5,10,16,18-19H,6-9,11-13H2,1-3H3. The van der Waals surface area contributed by atoms with Crippen molar-refractivity contribution in [1.82, 2.24) is 24.5 Å². The van der Waals surface area contributed by atoms with E-state index >= 15 is 0 Å². The molecule has 7 nitrogen and oxygen atoms in total. The third kappa shape index (κ3) is 3.66. The lowest BCUT2D eigenvalue weighted by atomic mass is 9.33. The number of rotatable bonds is 5. The van der Waals surface area contributed by atoms with Crippen LogP contribution in [-0.2, 0) is 17.2 Å². The van der Waals surface area contributed by atoms with Crippen molar-refractivity contribution in [3.63, 3.8) is 0 Å². The SMILES string of the molecule is Cc1nc2nc(C3CCOC(c4ccc(=O)n(C)c4)C3)nc(C34CC(CC(F)F)(C3)C4)c2nc1C. The molecule has 9 heteroatoms. The van der Waals surface area contributed by atoms with Crippen molar-refractivity contribution in [2.75, 3.05) is 6.61 Å². The first-order valence-electron chi connectivity index (χ1n) is 12.3. The number of fused-ring (bicyclic) bond motifs is 1. The van der Waals surface area contributed by atoms with Crippen LogP contribution in [0.1, 0.15) is 79.0 Å². The van der Waals surface area contributed by atoms with Crippen molar-refractivity contribution in [2.45, 2.75) is 76.2 Å². The number of aryl methyl sites for hydroxylation is 3. The van der Waals surface area contributed by atoms with Crippen LogP contribution in [0.15, 0.2) is 23.1 Å². The lowest BCUT2D eigenvalue weighted by molar-refractivity contribution is -0.168. The third-order valence-electron chi connectivity index (χ3n) is 8.32. The number of halogens is 2. The van der Waals surface area contributed by atoms with E-state index in [0.717, 1.165) is 54.2 Å². The normalized spacial score (nSPS) is 29.8. The number of aromatic nitrogens is 5. The van der Waals surface area contributed by atoms with E-state index in [4.69, 9.17) is 24.7 Å². The average molecular weight is 482 g/mol. The molecular weight excluding hydrogens is 452 g/mol. The van der Waals surface area contributed by atoms with E-state index in [-0.39, 0.29) is 34.8 Å². The quantitative estimate of drug-likeness (QED) is 0.536. The van der Waals surface area contributed by atoms with Gasteiger partial charge >= 0.3 is 0 Å². The predicted octanol–water partition coefficient (Wildman–Crippen LogP) is 4.45. The van der Waals surface area contributed by atoms with Crippen LogP contribution in [0.2, 0.25) is 0 Å². The summed E-state index contributed by atoms with van der Waals surface area (Å²) in [5.41, 5.74) is 4.31. The molecule has 35 heavy (non-hydrogen) atoms. The maximum absolute atomic E-state index is 13.1. The van der Waals surface area contributed by atoms with E-state index < -0.39 is 6.43 Å². The molecule has 4 aliphatic rings. The Balaban J connectivity index is 1.36. The Morgan fingerprint density at radius 3 is 2.57 bits per heavy atom. The highest BCUT2D eigenvalue weighted by atomic mass is 19.3. The minimum Gasteiger partial charge on any atom is -0.373 e.